The third kappa shape index (κ3) is 3.05. The Hall–Kier alpha value is -2.15. The van der Waals surface area contributed by atoms with Crippen molar-refractivity contribution in [3.63, 3.8) is 0 Å². The number of anilines is 2. The van der Waals surface area contributed by atoms with E-state index in [1.54, 1.807) is 18.2 Å². The second-order valence-corrected chi connectivity index (χ2v) is 4.81. The van der Waals surface area contributed by atoms with Crippen molar-refractivity contribution in [3.8, 4) is 5.75 Å². The Bertz CT molecular complexity index is 664. The van der Waals surface area contributed by atoms with Crippen molar-refractivity contribution in [2.45, 2.75) is 0 Å². The Labute approximate surface area is 123 Å². The zero-order valence-electron chi connectivity index (χ0n) is 10.5. The van der Waals surface area contributed by atoms with Crippen molar-refractivity contribution in [2.24, 2.45) is 0 Å². The molecule has 0 unspecified atom stereocenters. The number of ether oxygens (including phenoxy) is 1. The standard InChI is InChI=1S/C13H11BrFN3O2/c1-20-9-5-7(14)4-8(6-9)18-13(19)10-2-3-17-12(16)11(10)15/h2-6H,1H3,(H2,16,17)(H,18,19). The lowest BCUT2D eigenvalue weighted by Gasteiger charge is -2.09. The average Bonchev–Trinajstić information content (AvgIpc) is 2.41. The van der Waals surface area contributed by atoms with E-state index in [1.165, 1.54) is 19.4 Å². The van der Waals surface area contributed by atoms with Crippen LogP contribution in [0.25, 0.3) is 0 Å². The van der Waals surface area contributed by atoms with Crippen molar-refractivity contribution in [3.05, 3.63) is 46.3 Å². The topological polar surface area (TPSA) is 77.2 Å². The number of nitrogens with one attached hydrogen (secondary N) is 1. The van der Waals surface area contributed by atoms with E-state index in [1.807, 2.05) is 0 Å². The highest BCUT2D eigenvalue weighted by atomic mass is 79.9. The predicted molar refractivity (Wildman–Crippen MR) is 77.3 cm³/mol. The first-order valence-corrected chi connectivity index (χ1v) is 6.36. The van der Waals surface area contributed by atoms with Crippen LogP contribution < -0.4 is 15.8 Å². The van der Waals surface area contributed by atoms with Crippen LogP contribution in [0, 0.1) is 5.82 Å². The molecule has 0 aliphatic rings. The zero-order valence-corrected chi connectivity index (χ0v) is 12.1. The van der Waals surface area contributed by atoms with E-state index in [0.717, 1.165) is 4.47 Å². The molecule has 1 aromatic heterocycles. The normalized spacial score (nSPS) is 10.2. The quantitative estimate of drug-likeness (QED) is 0.901. The molecule has 2 aromatic rings. The van der Waals surface area contributed by atoms with E-state index >= 15 is 0 Å². The number of nitrogen functional groups attached to an aromatic ring is 1. The highest BCUT2D eigenvalue weighted by molar-refractivity contribution is 9.10. The number of amides is 1. The Morgan fingerprint density at radius 2 is 2.20 bits per heavy atom. The van der Waals surface area contributed by atoms with Crippen molar-refractivity contribution in [1.82, 2.24) is 4.98 Å². The van der Waals surface area contributed by atoms with Crippen LogP contribution in [0.2, 0.25) is 0 Å². The third-order valence-electron chi connectivity index (χ3n) is 2.53. The first kappa shape index (κ1) is 14.3. The highest BCUT2D eigenvalue weighted by Gasteiger charge is 2.15. The number of hydrogen-bond donors (Lipinski definition) is 2. The summed E-state index contributed by atoms with van der Waals surface area (Å²) in [4.78, 5) is 15.6. The average molecular weight is 340 g/mol. The number of hydrogen-bond acceptors (Lipinski definition) is 4. The number of nitrogens with zero attached hydrogens (tertiary/aromatic N) is 1. The van der Waals surface area contributed by atoms with Gasteiger partial charge in [0.25, 0.3) is 5.91 Å². The minimum absolute atomic E-state index is 0.170. The van der Waals surface area contributed by atoms with Gasteiger partial charge in [-0.1, -0.05) is 15.9 Å². The largest absolute Gasteiger partial charge is 0.497 e. The van der Waals surface area contributed by atoms with E-state index in [9.17, 15) is 9.18 Å². The molecule has 0 saturated carbocycles. The summed E-state index contributed by atoms with van der Waals surface area (Å²) in [6.45, 7) is 0. The van der Waals surface area contributed by atoms with Crippen LogP contribution in [-0.2, 0) is 0 Å². The van der Waals surface area contributed by atoms with Gasteiger partial charge < -0.3 is 15.8 Å². The highest BCUT2D eigenvalue weighted by Crippen LogP contribution is 2.25. The maximum atomic E-state index is 13.7. The first-order chi connectivity index (χ1) is 9.51. The lowest BCUT2D eigenvalue weighted by atomic mass is 10.2. The van der Waals surface area contributed by atoms with Crippen molar-refractivity contribution in [2.75, 3.05) is 18.2 Å². The number of halogens is 2. The molecule has 3 N–H and O–H groups in total. The van der Waals surface area contributed by atoms with Crippen LogP contribution in [0.4, 0.5) is 15.9 Å². The molecule has 0 saturated heterocycles. The molecule has 7 heteroatoms. The van der Waals surface area contributed by atoms with Gasteiger partial charge in [0.2, 0.25) is 0 Å². The summed E-state index contributed by atoms with van der Waals surface area (Å²) in [6, 6.07) is 6.28. The van der Waals surface area contributed by atoms with Gasteiger partial charge >= 0.3 is 0 Å². The van der Waals surface area contributed by atoms with Gasteiger partial charge in [-0.05, 0) is 18.2 Å². The summed E-state index contributed by atoms with van der Waals surface area (Å²) in [5.74, 6) is -1.21. The van der Waals surface area contributed by atoms with Crippen LogP contribution >= 0.6 is 15.9 Å². The molecule has 0 bridgehead atoms. The lowest BCUT2D eigenvalue weighted by molar-refractivity contribution is 0.102. The fourth-order valence-electron chi connectivity index (χ4n) is 1.59. The Morgan fingerprint density at radius 3 is 2.90 bits per heavy atom. The second kappa shape index (κ2) is 5.87. The summed E-state index contributed by atoms with van der Waals surface area (Å²) < 4.78 is 19.5. The van der Waals surface area contributed by atoms with Gasteiger partial charge in [0, 0.05) is 22.4 Å². The molecule has 0 fully saturated rings. The third-order valence-corrected chi connectivity index (χ3v) is 2.98. The van der Waals surface area contributed by atoms with E-state index in [-0.39, 0.29) is 11.4 Å². The van der Waals surface area contributed by atoms with Crippen LogP contribution in [0.3, 0.4) is 0 Å². The van der Waals surface area contributed by atoms with Crippen molar-refractivity contribution in [1.29, 1.82) is 0 Å². The summed E-state index contributed by atoms with van der Waals surface area (Å²) in [6.07, 6.45) is 1.27. The first-order valence-electron chi connectivity index (χ1n) is 5.57. The number of methoxy groups -OCH3 is 1. The molecule has 1 aromatic carbocycles. The van der Waals surface area contributed by atoms with E-state index in [4.69, 9.17) is 10.5 Å². The molecule has 2 rings (SSSR count). The molecule has 0 aliphatic heterocycles. The van der Waals surface area contributed by atoms with Gasteiger partial charge in [-0.3, -0.25) is 4.79 Å². The Kier molecular flexibility index (Phi) is 4.19. The lowest BCUT2D eigenvalue weighted by Crippen LogP contribution is -2.15. The summed E-state index contributed by atoms with van der Waals surface area (Å²) in [5, 5.41) is 2.57. The maximum Gasteiger partial charge on any atom is 0.258 e. The van der Waals surface area contributed by atoms with Crippen LogP contribution in [0.5, 0.6) is 5.75 Å². The number of rotatable bonds is 3. The van der Waals surface area contributed by atoms with Gasteiger partial charge in [-0.25, -0.2) is 9.37 Å². The number of carbonyl (C=O) groups is 1. The molecule has 0 radical (unpaired) electrons. The molecule has 0 spiro atoms. The van der Waals surface area contributed by atoms with E-state index in [2.05, 4.69) is 26.2 Å². The van der Waals surface area contributed by atoms with E-state index in [0.29, 0.717) is 11.4 Å². The molecule has 104 valence electrons. The van der Waals surface area contributed by atoms with Gasteiger partial charge in [0.1, 0.15) is 5.75 Å². The molecular formula is C13H11BrFN3O2. The summed E-state index contributed by atoms with van der Waals surface area (Å²) in [7, 11) is 1.51. The number of benzene rings is 1. The van der Waals surface area contributed by atoms with Gasteiger partial charge in [-0.15, -0.1) is 0 Å². The van der Waals surface area contributed by atoms with Crippen LogP contribution in [0.1, 0.15) is 10.4 Å². The Morgan fingerprint density at radius 1 is 1.45 bits per heavy atom. The predicted octanol–water partition coefficient (Wildman–Crippen LogP) is 2.83. The molecule has 1 amide bonds. The fraction of sp³-hybridized carbons (Fsp3) is 0.0769. The van der Waals surface area contributed by atoms with Crippen LogP contribution in [-0.4, -0.2) is 18.0 Å². The smallest absolute Gasteiger partial charge is 0.258 e. The SMILES string of the molecule is COc1cc(Br)cc(NC(=O)c2ccnc(N)c2F)c1. The molecular weight excluding hydrogens is 329 g/mol. The minimum Gasteiger partial charge on any atom is -0.497 e. The maximum absolute atomic E-state index is 13.7. The molecule has 0 atom stereocenters. The second-order valence-electron chi connectivity index (χ2n) is 3.89. The van der Waals surface area contributed by atoms with Gasteiger partial charge in [0.15, 0.2) is 11.6 Å². The molecule has 1 heterocycles. The van der Waals surface area contributed by atoms with E-state index < -0.39 is 11.7 Å². The van der Waals surface area contributed by atoms with Crippen molar-refractivity contribution < 1.29 is 13.9 Å². The number of aromatic nitrogens is 1. The van der Waals surface area contributed by atoms with Gasteiger partial charge in [0.05, 0.1) is 12.7 Å². The number of carbonyl (C=O) groups excluding carboxylic acids is 1. The number of pyridine rings is 1. The minimum atomic E-state index is -0.841. The van der Waals surface area contributed by atoms with Gasteiger partial charge in [-0.2, -0.15) is 0 Å². The Balaban J connectivity index is 2.28. The molecule has 0 aliphatic carbocycles. The molecule has 5 nitrogen and oxygen atoms in total. The summed E-state index contributed by atoms with van der Waals surface area (Å²) in [5.41, 5.74) is 5.63. The molecule has 20 heavy (non-hydrogen) atoms. The monoisotopic (exact) mass is 339 g/mol. The number of nitrogens with two attached hydrogens (primary N) is 1. The zero-order chi connectivity index (χ0) is 14.7. The van der Waals surface area contributed by atoms with Crippen molar-refractivity contribution >= 4 is 33.3 Å². The van der Waals surface area contributed by atoms with Crippen LogP contribution in [0.15, 0.2) is 34.9 Å². The summed E-state index contributed by atoms with van der Waals surface area (Å²) >= 11 is 3.29. The fourth-order valence-corrected chi connectivity index (χ4v) is 2.06.